The molecule has 3 heteroatoms. The summed E-state index contributed by atoms with van der Waals surface area (Å²) in [7, 11) is 0. The van der Waals surface area contributed by atoms with Crippen LogP contribution in [0.4, 0.5) is 34.1 Å². The lowest BCUT2D eigenvalue weighted by molar-refractivity contribution is 0.327. The molecule has 2 saturated carbocycles. The predicted molar refractivity (Wildman–Crippen MR) is 192 cm³/mol. The van der Waals surface area contributed by atoms with Crippen LogP contribution in [0.2, 0.25) is 0 Å². The minimum absolute atomic E-state index is 0.144. The number of rotatable bonds is 2. The van der Waals surface area contributed by atoms with Crippen molar-refractivity contribution in [3.8, 4) is 11.1 Å². The smallest absolute Gasteiger partial charge is 0.252 e. The van der Waals surface area contributed by atoms with Gasteiger partial charge in [-0.3, -0.25) is 0 Å². The van der Waals surface area contributed by atoms with Gasteiger partial charge in [0.05, 0.1) is 0 Å². The molecule has 3 aliphatic carbocycles. The fraction of sp³-hybridized carbons (Fsp3) is 0.163. The Morgan fingerprint density at radius 3 is 1.89 bits per heavy atom. The molecule has 2 heterocycles. The molecule has 0 N–H and O–H groups in total. The quantitative estimate of drug-likeness (QED) is 0.186. The lowest BCUT2D eigenvalue weighted by Gasteiger charge is -2.44. The summed E-state index contributed by atoms with van der Waals surface area (Å²) in [6, 6.07) is 52.7. The predicted octanol–water partition coefficient (Wildman–Crippen LogP) is 8.86. The Morgan fingerprint density at radius 1 is 0.522 bits per heavy atom. The Bertz CT molecular complexity index is 2210. The highest BCUT2D eigenvalue weighted by Crippen LogP contribution is 2.66. The monoisotopic (exact) mass is 588 g/mol. The molecule has 2 aliphatic heterocycles. The van der Waals surface area contributed by atoms with Crippen LogP contribution in [-0.4, -0.2) is 6.71 Å². The lowest BCUT2D eigenvalue weighted by atomic mass is 9.33. The van der Waals surface area contributed by atoms with Crippen molar-refractivity contribution in [3.05, 3.63) is 151 Å². The zero-order chi connectivity index (χ0) is 30.0. The molecule has 6 aromatic carbocycles. The summed E-state index contributed by atoms with van der Waals surface area (Å²) < 4.78 is 0. The van der Waals surface area contributed by atoms with Crippen LogP contribution >= 0.6 is 0 Å². The summed E-state index contributed by atoms with van der Waals surface area (Å²) in [6.07, 6.45) is 5.44. The Balaban J connectivity index is 1.24. The number of anilines is 6. The number of hydrogen-bond donors (Lipinski definition) is 0. The number of fused-ring (bicyclic) bond motifs is 12. The molecule has 218 valence electrons. The van der Waals surface area contributed by atoms with Crippen LogP contribution in [0.3, 0.4) is 0 Å². The normalized spacial score (nSPS) is 22.4. The molecule has 46 heavy (non-hydrogen) atoms. The molecular formula is C43H33BN2. The highest BCUT2D eigenvalue weighted by molar-refractivity contribution is 7.00. The van der Waals surface area contributed by atoms with Gasteiger partial charge in [-0.15, -0.1) is 0 Å². The van der Waals surface area contributed by atoms with Gasteiger partial charge in [0.15, 0.2) is 0 Å². The van der Waals surface area contributed by atoms with E-state index in [1.807, 2.05) is 0 Å². The van der Waals surface area contributed by atoms with Gasteiger partial charge in [-0.25, -0.2) is 0 Å². The second-order valence-electron chi connectivity index (χ2n) is 14.1. The molecule has 2 fully saturated rings. The molecule has 5 aliphatic rings. The maximum absolute atomic E-state index is 2.70. The average Bonchev–Trinajstić information content (AvgIpc) is 3.81. The average molecular weight is 589 g/mol. The molecule has 0 amide bonds. The highest BCUT2D eigenvalue weighted by atomic mass is 15.2. The molecule has 0 saturated heterocycles. The van der Waals surface area contributed by atoms with Gasteiger partial charge in [-0.1, -0.05) is 97.4 Å². The van der Waals surface area contributed by atoms with Crippen molar-refractivity contribution in [2.24, 2.45) is 11.8 Å². The minimum atomic E-state index is 0.144. The second-order valence-corrected chi connectivity index (χ2v) is 14.1. The van der Waals surface area contributed by atoms with Crippen LogP contribution < -0.4 is 26.2 Å². The molecule has 0 aromatic heterocycles. The molecule has 2 nitrogen and oxygen atoms in total. The van der Waals surface area contributed by atoms with Gasteiger partial charge in [-0.2, -0.15) is 0 Å². The standard InChI is InChI=1S/C43H33BN2/c1-3-12-30(13-4-1)45-38-19-10-9-18-36(38)44-37-26-35-33(32-16-7-8-17-34(32)43(35)27-28-22-23-29(43)24-28)25-41(37)46(31-14-5-2-6-15-31)40-21-11-20-39(45)42(40)44/h1-21,25-26,28-29H,22-24,27H2. The molecule has 1 spiro atoms. The number of benzene rings is 6. The zero-order valence-electron chi connectivity index (χ0n) is 25.7. The molecule has 3 unspecified atom stereocenters. The van der Waals surface area contributed by atoms with Crippen LogP contribution in [0.25, 0.3) is 11.1 Å². The number of hydrogen-bond acceptors (Lipinski definition) is 2. The summed E-state index contributed by atoms with van der Waals surface area (Å²) in [5.41, 5.74) is 18.0. The van der Waals surface area contributed by atoms with Crippen molar-refractivity contribution in [1.29, 1.82) is 0 Å². The van der Waals surface area contributed by atoms with Crippen molar-refractivity contribution in [1.82, 2.24) is 0 Å². The first kappa shape index (κ1) is 25.2. The summed E-state index contributed by atoms with van der Waals surface area (Å²) in [6.45, 7) is 0.155. The Labute approximate surface area is 271 Å². The van der Waals surface area contributed by atoms with Gasteiger partial charge in [0.1, 0.15) is 0 Å². The summed E-state index contributed by atoms with van der Waals surface area (Å²) in [4.78, 5) is 5.04. The number of para-hydroxylation sites is 3. The molecule has 0 radical (unpaired) electrons. The maximum atomic E-state index is 2.70. The maximum Gasteiger partial charge on any atom is 0.252 e. The molecule has 11 rings (SSSR count). The van der Waals surface area contributed by atoms with Crippen molar-refractivity contribution < 1.29 is 0 Å². The van der Waals surface area contributed by atoms with E-state index >= 15 is 0 Å². The van der Waals surface area contributed by atoms with Crippen LogP contribution in [0.5, 0.6) is 0 Å². The Hall–Kier alpha value is -5.02. The first-order chi connectivity index (χ1) is 22.8. The lowest BCUT2D eigenvalue weighted by Crippen LogP contribution is -2.61. The molecular weight excluding hydrogens is 555 g/mol. The first-order valence-electron chi connectivity index (χ1n) is 17.0. The second kappa shape index (κ2) is 9.04. The Morgan fingerprint density at radius 2 is 1.17 bits per heavy atom. The largest absolute Gasteiger partial charge is 0.311 e. The third-order valence-corrected chi connectivity index (χ3v) is 12.1. The van der Waals surface area contributed by atoms with Crippen molar-refractivity contribution in [3.63, 3.8) is 0 Å². The summed E-state index contributed by atoms with van der Waals surface area (Å²) in [5, 5.41) is 0. The number of nitrogens with zero attached hydrogens (tertiary/aromatic N) is 2. The van der Waals surface area contributed by atoms with Gasteiger partial charge in [0.25, 0.3) is 6.71 Å². The van der Waals surface area contributed by atoms with Gasteiger partial charge < -0.3 is 9.80 Å². The van der Waals surface area contributed by atoms with E-state index in [2.05, 4.69) is 149 Å². The Kier molecular flexibility index (Phi) is 4.95. The van der Waals surface area contributed by atoms with E-state index in [1.165, 1.54) is 87.3 Å². The van der Waals surface area contributed by atoms with Gasteiger partial charge in [-0.05, 0) is 118 Å². The van der Waals surface area contributed by atoms with Crippen LogP contribution in [0.15, 0.2) is 140 Å². The van der Waals surface area contributed by atoms with Gasteiger partial charge in [0, 0.05) is 39.5 Å². The van der Waals surface area contributed by atoms with Gasteiger partial charge >= 0.3 is 0 Å². The topological polar surface area (TPSA) is 6.48 Å². The van der Waals surface area contributed by atoms with E-state index in [0.717, 1.165) is 11.8 Å². The first-order valence-corrected chi connectivity index (χ1v) is 17.0. The SMILES string of the molecule is c1ccc(N2c3ccccc3B3c4cc5c(cc4N(c4ccccc4)c4cccc2c43)-c2ccccc2C52CC3CCC2C3)cc1. The zero-order valence-corrected chi connectivity index (χ0v) is 25.7. The van der Waals surface area contributed by atoms with Crippen molar-refractivity contribution >= 4 is 57.2 Å². The fourth-order valence-electron chi connectivity index (χ4n) is 10.5. The van der Waals surface area contributed by atoms with E-state index in [1.54, 1.807) is 11.1 Å². The fourth-order valence-corrected chi connectivity index (χ4v) is 10.5. The minimum Gasteiger partial charge on any atom is -0.311 e. The summed E-state index contributed by atoms with van der Waals surface area (Å²) in [5.74, 6) is 1.59. The van der Waals surface area contributed by atoms with Crippen LogP contribution in [0.1, 0.15) is 36.8 Å². The van der Waals surface area contributed by atoms with Crippen LogP contribution in [-0.2, 0) is 5.41 Å². The van der Waals surface area contributed by atoms with Crippen LogP contribution in [0, 0.1) is 11.8 Å². The highest BCUT2D eigenvalue weighted by Gasteiger charge is 2.57. The van der Waals surface area contributed by atoms with Crippen molar-refractivity contribution in [2.45, 2.75) is 31.1 Å². The van der Waals surface area contributed by atoms with E-state index < -0.39 is 0 Å². The third kappa shape index (κ3) is 3.09. The van der Waals surface area contributed by atoms with Crippen molar-refractivity contribution in [2.75, 3.05) is 9.80 Å². The van der Waals surface area contributed by atoms with E-state index in [4.69, 9.17) is 0 Å². The van der Waals surface area contributed by atoms with Gasteiger partial charge in [0.2, 0.25) is 0 Å². The van der Waals surface area contributed by atoms with E-state index in [9.17, 15) is 0 Å². The summed E-state index contributed by atoms with van der Waals surface area (Å²) >= 11 is 0. The van der Waals surface area contributed by atoms with E-state index in [0.29, 0.717) is 0 Å². The molecule has 2 bridgehead atoms. The van der Waals surface area contributed by atoms with E-state index in [-0.39, 0.29) is 12.1 Å². The molecule has 6 aromatic rings. The molecule has 3 atom stereocenters. The third-order valence-electron chi connectivity index (χ3n) is 12.1.